The Morgan fingerprint density at radius 2 is 1.80 bits per heavy atom. The van der Waals surface area contributed by atoms with Gasteiger partial charge in [0.05, 0.1) is 6.04 Å². The number of likely N-dealkylation sites (tertiary alicyclic amines) is 1. The van der Waals surface area contributed by atoms with E-state index in [1.807, 2.05) is 30.6 Å². The molecule has 2 aliphatic rings. The molecule has 0 aromatic heterocycles. The van der Waals surface area contributed by atoms with E-state index in [0.717, 1.165) is 26.2 Å². The number of hydrogen-bond acceptors (Lipinski definition) is 3. The van der Waals surface area contributed by atoms with Gasteiger partial charge in [-0.2, -0.15) is 0 Å². The molecule has 2 rings (SSSR count). The first-order valence-corrected chi connectivity index (χ1v) is 7.32. The van der Waals surface area contributed by atoms with Crippen molar-refractivity contribution >= 4 is 11.9 Å². The molecule has 2 aliphatic heterocycles. The molecular formula is C14H26N4O2. The average Bonchev–Trinajstić information content (AvgIpc) is 2.70. The molecule has 0 aromatic rings. The molecule has 20 heavy (non-hydrogen) atoms. The van der Waals surface area contributed by atoms with Gasteiger partial charge in [0, 0.05) is 44.7 Å². The van der Waals surface area contributed by atoms with E-state index in [-0.39, 0.29) is 23.5 Å². The van der Waals surface area contributed by atoms with Gasteiger partial charge in [0.25, 0.3) is 0 Å². The predicted octanol–water partition coefficient (Wildman–Crippen LogP) is 0.343. The third kappa shape index (κ3) is 3.42. The summed E-state index contributed by atoms with van der Waals surface area (Å²) < 4.78 is 0. The van der Waals surface area contributed by atoms with Crippen LogP contribution in [0, 0.1) is 0 Å². The maximum Gasteiger partial charge on any atom is 0.317 e. The van der Waals surface area contributed by atoms with Gasteiger partial charge in [0.2, 0.25) is 5.91 Å². The highest BCUT2D eigenvalue weighted by molar-refractivity contribution is 5.82. The van der Waals surface area contributed by atoms with E-state index < -0.39 is 0 Å². The summed E-state index contributed by atoms with van der Waals surface area (Å²) in [5.74, 6) is 0.126. The zero-order chi connectivity index (χ0) is 14.9. The molecular weight excluding hydrogens is 256 g/mol. The van der Waals surface area contributed by atoms with Crippen LogP contribution in [0.2, 0.25) is 0 Å². The number of rotatable bonds is 1. The summed E-state index contributed by atoms with van der Waals surface area (Å²) in [7, 11) is 2.06. The van der Waals surface area contributed by atoms with Crippen LogP contribution in [0.15, 0.2) is 0 Å². The molecule has 2 saturated heterocycles. The van der Waals surface area contributed by atoms with Crippen molar-refractivity contribution in [1.82, 2.24) is 20.0 Å². The lowest BCUT2D eigenvalue weighted by molar-refractivity contribution is -0.131. The quantitative estimate of drug-likeness (QED) is 0.755. The second-order valence-corrected chi connectivity index (χ2v) is 6.82. The normalized spacial score (nSPS) is 25.2. The van der Waals surface area contributed by atoms with Crippen molar-refractivity contribution in [3.05, 3.63) is 0 Å². The van der Waals surface area contributed by atoms with E-state index in [9.17, 15) is 9.59 Å². The molecule has 1 N–H and O–H groups in total. The fourth-order valence-corrected chi connectivity index (χ4v) is 2.73. The number of carbonyl (C=O) groups excluding carboxylic acids is 2. The van der Waals surface area contributed by atoms with Crippen molar-refractivity contribution in [2.45, 2.75) is 38.8 Å². The average molecular weight is 282 g/mol. The summed E-state index contributed by atoms with van der Waals surface area (Å²) in [6.07, 6.45) is 0.413. The molecule has 2 heterocycles. The monoisotopic (exact) mass is 282 g/mol. The lowest BCUT2D eigenvalue weighted by atomic mass is 10.1. The fraction of sp³-hybridized carbons (Fsp3) is 0.857. The minimum absolute atomic E-state index is 0.0355. The van der Waals surface area contributed by atoms with E-state index >= 15 is 0 Å². The molecule has 0 bridgehead atoms. The Morgan fingerprint density at radius 3 is 2.30 bits per heavy atom. The summed E-state index contributed by atoms with van der Waals surface area (Å²) in [5.41, 5.74) is -0.176. The summed E-state index contributed by atoms with van der Waals surface area (Å²) in [5, 5.41) is 3.00. The van der Waals surface area contributed by atoms with Crippen LogP contribution in [0.5, 0.6) is 0 Å². The first-order valence-electron chi connectivity index (χ1n) is 7.32. The Kier molecular flexibility index (Phi) is 4.22. The van der Waals surface area contributed by atoms with Crippen LogP contribution in [0.1, 0.15) is 27.2 Å². The van der Waals surface area contributed by atoms with Crippen molar-refractivity contribution in [3.8, 4) is 0 Å². The van der Waals surface area contributed by atoms with Crippen LogP contribution < -0.4 is 5.32 Å². The number of urea groups is 1. The molecule has 3 amide bonds. The van der Waals surface area contributed by atoms with E-state index in [0.29, 0.717) is 13.0 Å². The fourth-order valence-electron chi connectivity index (χ4n) is 2.73. The highest BCUT2D eigenvalue weighted by atomic mass is 16.2. The predicted molar refractivity (Wildman–Crippen MR) is 77.5 cm³/mol. The molecule has 6 nitrogen and oxygen atoms in total. The number of hydrogen-bond donors (Lipinski definition) is 1. The number of piperazine rings is 1. The third-order valence-corrected chi connectivity index (χ3v) is 4.05. The number of amides is 3. The van der Waals surface area contributed by atoms with E-state index in [1.54, 1.807) is 0 Å². The maximum atomic E-state index is 12.2. The Labute approximate surface area is 121 Å². The van der Waals surface area contributed by atoms with Gasteiger partial charge in [-0.25, -0.2) is 4.79 Å². The van der Waals surface area contributed by atoms with Crippen molar-refractivity contribution in [2.24, 2.45) is 0 Å². The maximum absolute atomic E-state index is 12.2. The zero-order valence-electron chi connectivity index (χ0n) is 13.0. The Bertz CT molecular complexity index is 383. The molecule has 0 aliphatic carbocycles. The summed E-state index contributed by atoms with van der Waals surface area (Å²) in [6.45, 7) is 10.0. The summed E-state index contributed by atoms with van der Waals surface area (Å²) >= 11 is 0. The van der Waals surface area contributed by atoms with Gasteiger partial charge in [-0.15, -0.1) is 0 Å². The summed E-state index contributed by atoms with van der Waals surface area (Å²) in [6, 6.07) is -0.0967. The van der Waals surface area contributed by atoms with Crippen LogP contribution in [0.3, 0.4) is 0 Å². The largest absolute Gasteiger partial charge is 0.336 e. The molecule has 6 heteroatoms. The minimum atomic E-state index is -0.176. The number of nitrogens with one attached hydrogen (secondary N) is 1. The Morgan fingerprint density at radius 1 is 1.20 bits per heavy atom. The van der Waals surface area contributed by atoms with Crippen LogP contribution >= 0.6 is 0 Å². The topological polar surface area (TPSA) is 55.9 Å². The second kappa shape index (κ2) is 5.60. The van der Waals surface area contributed by atoms with Crippen molar-refractivity contribution in [3.63, 3.8) is 0 Å². The Hall–Kier alpha value is -1.30. The molecule has 1 unspecified atom stereocenters. The number of nitrogens with zero attached hydrogens (tertiary/aromatic N) is 3. The first kappa shape index (κ1) is 15.1. The van der Waals surface area contributed by atoms with Gasteiger partial charge >= 0.3 is 6.03 Å². The number of carbonyl (C=O) groups is 2. The molecule has 0 spiro atoms. The highest BCUT2D eigenvalue weighted by Crippen LogP contribution is 2.22. The smallest absolute Gasteiger partial charge is 0.317 e. The van der Waals surface area contributed by atoms with Crippen LogP contribution in [-0.4, -0.2) is 78.0 Å². The van der Waals surface area contributed by atoms with Gasteiger partial charge in [-0.3, -0.25) is 4.79 Å². The molecule has 0 saturated carbocycles. The lowest BCUT2D eigenvalue weighted by Gasteiger charge is -2.34. The molecule has 0 radical (unpaired) electrons. The van der Waals surface area contributed by atoms with Crippen LogP contribution in [0.4, 0.5) is 4.79 Å². The Balaban J connectivity index is 1.85. The van der Waals surface area contributed by atoms with Gasteiger partial charge in [-0.1, -0.05) is 0 Å². The van der Waals surface area contributed by atoms with Gasteiger partial charge < -0.3 is 20.0 Å². The van der Waals surface area contributed by atoms with E-state index in [1.165, 1.54) is 0 Å². The van der Waals surface area contributed by atoms with E-state index in [4.69, 9.17) is 0 Å². The second-order valence-electron chi connectivity index (χ2n) is 6.82. The lowest BCUT2D eigenvalue weighted by Crippen LogP contribution is -2.53. The molecule has 2 fully saturated rings. The summed E-state index contributed by atoms with van der Waals surface area (Å²) in [4.78, 5) is 30.1. The van der Waals surface area contributed by atoms with Crippen molar-refractivity contribution in [1.29, 1.82) is 0 Å². The zero-order valence-corrected chi connectivity index (χ0v) is 13.0. The SMILES string of the molecule is CN1CCN(C(=O)NC2CC(=O)N(C(C)(C)C)C2)CC1. The van der Waals surface area contributed by atoms with Crippen molar-refractivity contribution in [2.75, 3.05) is 39.8 Å². The van der Waals surface area contributed by atoms with Crippen LogP contribution in [-0.2, 0) is 4.79 Å². The van der Waals surface area contributed by atoms with Crippen LogP contribution in [0.25, 0.3) is 0 Å². The highest BCUT2D eigenvalue weighted by Gasteiger charge is 2.37. The minimum Gasteiger partial charge on any atom is -0.336 e. The first-order chi connectivity index (χ1) is 9.27. The molecule has 114 valence electrons. The van der Waals surface area contributed by atoms with Gasteiger partial charge in [0.15, 0.2) is 0 Å². The van der Waals surface area contributed by atoms with E-state index in [2.05, 4.69) is 17.3 Å². The van der Waals surface area contributed by atoms with Gasteiger partial charge in [0.1, 0.15) is 0 Å². The molecule has 1 atom stereocenters. The standard InChI is InChI=1S/C14H26N4O2/c1-14(2,3)18-10-11(9-12(18)19)15-13(20)17-7-5-16(4)6-8-17/h11H,5-10H2,1-4H3,(H,15,20). The van der Waals surface area contributed by atoms with Gasteiger partial charge in [-0.05, 0) is 27.8 Å². The molecule has 0 aromatic carbocycles. The third-order valence-electron chi connectivity index (χ3n) is 4.05. The number of likely N-dealkylation sites (N-methyl/N-ethyl adjacent to an activating group) is 1. The van der Waals surface area contributed by atoms with Crippen molar-refractivity contribution < 1.29 is 9.59 Å².